The van der Waals surface area contributed by atoms with Crippen LogP contribution in [-0.2, 0) is 19.4 Å². The Kier molecular flexibility index (Phi) is 7.90. The maximum atomic E-state index is 4.39. The van der Waals surface area contributed by atoms with Crippen molar-refractivity contribution in [2.45, 2.75) is 71.3 Å². The molecular formula is C17H32N6. The van der Waals surface area contributed by atoms with Gasteiger partial charge in [-0.25, -0.2) is 0 Å². The Morgan fingerprint density at radius 2 is 1.91 bits per heavy atom. The molecule has 23 heavy (non-hydrogen) atoms. The predicted molar refractivity (Wildman–Crippen MR) is 94.8 cm³/mol. The number of aliphatic imine (C=N–C) groups is 1. The molecule has 0 aromatic carbocycles. The second-order valence-corrected chi connectivity index (χ2v) is 6.23. The van der Waals surface area contributed by atoms with Gasteiger partial charge in [0.25, 0.3) is 0 Å². The summed E-state index contributed by atoms with van der Waals surface area (Å²) in [6.45, 7) is 5.21. The van der Waals surface area contributed by atoms with Crippen molar-refractivity contribution >= 4 is 5.96 Å². The van der Waals surface area contributed by atoms with E-state index in [4.69, 9.17) is 0 Å². The topological polar surface area (TPSA) is 67.1 Å². The van der Waals surface area contributed by atoms with Crippen LogP contribution in [0.1, 0.15) is 63.5 Å². The maximum absolute atomic E-state index is 4.39. The van der Waals surface area contributed by atoms with Crippen molar-refractivity contribution in [1.82, 2.24) is 25.4 Å². The van der Waals surface area contributed by atoms with Crippen LogP contribution in [0.15, 0.2) is 4.99 Å². The molecule has 1 aromatic rings. The van der Waals surface area contributed by atoms with Crippen molar-refractivity contribution in [3.8, 4) is 0 Å². The van der Waals surface area contributed by atoms with Gasteiger partial charge in [0.05, 0.1) is 0 Å². The first-order valence-electron chi connectivity index (χ1n) is 9.20. The smallest absolute Gasteiger partial charge is 0.190 e. The number of nitrogens with one attached hydrogen (secondary N) is 2. The molecule has 130 valence electrons. The second-order valence-electron chi connectivity index (χ2n) is 6.23. The Morgan fingerprint density at radius 1 is 1.09 bits per heavy atom. The highest BCUT2D eigenvalue weighted by molar-refractivity contribution is 5.79. The molecule has 2 N–H and O–H groups in total. The SMILES string of the molecule is CCCCCNC(=NC)NCCCc1nnc2n1CCCCC2. The summed E-state index contributed by atoms with van der Waals surface area (Å²) in [6, 6.07) is 0. The quantitative estimate of drug-likeness (QED) is 0.438. The predicted octanol–water partition coefficient (Wildman–Crippen LogP) is 2.29. The van der Waals surface area contributed by atoms with Crippen LogP contribution in [0, 0.1) is 0 Å². The third kappa shape index (κ3) is 5.84. The summed E-state index contributed by atoms with van der Waals surface area (Å²) in [4.78, 5) is 4.26. The Morgan fingerprint density at radius 3 is 2.70 bits per heavy atom. The molecule has 0 radical (unpaired) electrons. The summed E-state index contributed by atoms with van der Waals surface area (Å²) in [6.07, 6.45) is 10.6. The molecule has 2 heterocycles. The Bertz CT molecular complexity index is 479. The molecule has 6 nitrogen and oxygen atoms in total. The summed E-state index contributed by atoms with van der Waals surface area (Å²) in [5, 5.41) is 15.5. The van der Waals surface area contributed by atoms with E-state index in [2.05, 4.69) is 37.3 Å². The zero-order chi connectivity index (χ0) is 16.3. The minimum Gasteiger partial charge on any atom is -0.356 e. The largest absolute Gasteiger partial charge is 0.356 e. The summed E-state index contributed by atoms with van der Waals surface area (Å²) in [5.74, 6) is 3.23. The van der Waals surface area contributed by atoms with Crippen LogP contribution >= 0.6 is 0 Å². The van der Waals surface area contributed by atoms with Gasteiger partial charge < -0.3 is 15.2 Å². The fourth-order valence-electron chi connectivity index (χ4n) is 2.99. The monoisotopic (exact) mass is 320 g/mol. The molecule has 1 aromatic heterocycles. The van der Waals surface area contributed by atoms with E-state index < -0.39 is 0 Å². The Hall–Kier alpha value is -1.59. The van der Waals surface area contributed by atoms with E-state index in [9.17, 15) is 0 Å². The van der Waals surface area contributed by atoms with Crippen LogP contribution in [0.25, 0.3) is 0 Å². The average molecular weight is 320 g/mol. The molecule has 6 heteroatoms. The van der Waals surface area contributed by atoms with Crippen LogP contribution in [0.2, 0.25) is 0 Å². The Balaban J connectivity index is 1.68. The lowest BCUT2D eigenvalue weighted by Crippen LogP contribution is -2.38. The van der Waals surface area contributed by atoms with Gasteiger partial charge in [0.15, 0.2) is 5.96 Å². The van der Waals surface area contributed by atoms with E-state index in [0.717, 1.165) is 50.7 Å². The van der Waals surface area contributed by atoms with E-state index in [-0.39, 0.29) is 0 Å². The van der Waals surface area contributed by atoms with Gasteiger partial charge in [-0.2, -0.15) is 0 Å². The lowest BCUT2D eigenvalue weighted by atomic mass is 10.2. The maximum Gasteiger partial charge on any atom is 0.190 e. The fraction of sp³-hybridized carbons (Fsp3) is 0.824. The number of nitrogens with zero attached hydrogens (tertiary/aromatic N) is 4. The van der Waals surface area contributed by atoms with Crippen molar-refractivity contribution in [3.63, 3.8) is 0 Å². The molecule has 0 bridgehead atoms. The highest BCUT2D eigenvalue weighted by atomic mass is 15.3. The Labute approximate surface area is 140 Å². The number of hydrogen-bond donors (Lipinski definition) is 2. The molecule has 0 saturated carbocycles. The van der Waals surface area contributed by atoms with Crippen molar-refractivity contribution in [3.05, 3.63) is 11.6 Å². The first-order valence-corrected chi connectivity index (χ1v) is 9.20. The highest BCUT2D eigenvalue weighted by Crippen LogP contribution is 2.15. The second kappa shape index (κ2) is 10.2. The minimum absolute atomic E-state index is 0.904. The third-order valence-corrected chi connectivity index (χ3v) is 4.35. The van der Waals surface area contributed by atoms with E-state index in [1.165, 1.54) is 44.3 Å². The lowest BCUT2D eigenvalue weighted by Gasteiger charge is -2.12. The summed E-state index contributed by atoms with van der Waals surface area (Å²) < 4.78 is 2.34. The van der Waals surface area contributed by atoms with Gasteiger partial charge in [-0.1, -0.05) is 26.2 Å². The number of guanidine groups is 1. The zero-order valence-corrected chi connectivity index (χ0v) is 14.8. The van der Waals surface area contributed by atoms with Gasteiger partial charge in [-0.05, 0) is 25.7 Å². The summed E-state index contributed by atoms with van der Waals surface area (Å²) in [5.41, 5.74) is 0. The van der Waals surface area contributed by atoms with Gasteiger partial charge in [0, 0.05) is 39.5 Å². The zero-order valence-electron chi connectivity index (χ0n) is 14.8. The van der Waals surface area contributed by atoms with E-state index in [1.807, 2.05) is 7.05 Å². The van der Waals surface area contributed by atoms with Gasteiger partial charge in [0.2, 0.25) is 0 Å². The molecule has 0 unspecified atom stereocenters. The lowest BCUT2D eigenvalue weighted by molar-refractivity contribution is 0.593. The molecule has 0 fully saturated rings. The van der Waals surface area contributed by atoms with Crippen molar-refractivity contribution in [2.24, 2.45) is 4.99 Å². The first-order chi connectivity index (χ1) is 11.3. The van der Waals surface area contributed by atoms with E-state index >= 15 is 0 Å². The van der Waals surface area contributed by atoms with Gasteiger partial charge in [-0.15, -0.1) is 10.2 Å². The number of unbranched alkanes of at least 4 members (excludes halogenated alkanes) is 2. The normalized spacial score (nSPS) is 15.1. The first kappa shape index (κ1) is 17.8. The number of aromatic nitrogens is 3. The molecule has 2 rings (SSSR count). The van der Waals surface area contributed by atoms with Gasteiger partial charge in [0.1, 0.15) is 11.6 Å². The minimum atomic E-state index is 0.904. The molecule has 0 amide bonds. The molecular weight excluding hydrogens is 288 g/mol. The van der Waals surface area contributed by atoms with Crippen molar-refractivity contribution in [2.75, 3.05) is 20.1 Å². The molecule has 0 atom stereocenters. The third-order valence-electron chi connectivity index (χ3n) is 4.35. The summed E-state index contributed by atoms with van der Waals surface area (Å²) >= 11 is 0. The van der Waals surface area contributed by atoms with Gasteiger partial charge >= 0.3 is 0 Å². The number of aryl methyl sites for hydroxylation is 2. The van der Waals surface area contributed by atoms with Crippen LogP contribution in [0.3, 0.4) is 0 Å². The molecule has 0 spiro atoms. The number of fused-ring (bicyclic) bond motifs is 1. The van der Waals surface area contributed by atoms with Crippen LogP contribution in [-0.4, -0.2) is 40.9 Å². The van der Waals surface area contributed by atoms with E-state index in [1.54, 1.807) is 0 Å². The van der Waals surface area contributed by atoms with Crippen molar-refractivity contribution in [1.29, 1.82) is 0 Å². The number of rotatable bonds is 8. The van der Waals surface area contributed by atoms with Gasteiger partial charge in [-0.3, -0.25) is 4.99 Å². The molecule has 1 aliphatic heterocycles. The molecule has 0 aliphatic carbocycles. The average Bonchev–Trinajstić information content (AvgIpc) is 2.80. The summed E-state index contributed by atoms with van der Waals surface area (Å²) in [7, 11) is 1.83. The fourth-order valence-corrected chi connectivity index (χ4v) is 2.99. The van der Waals surface area contributed by atoms with Crippen LogP contribution < -0.4 is 10.6 Å². The van der Waals surface area contributed by atoms with Crippen LogP contribution in [0.4, 0.5) is 0 Å². The highest BCUT2D eigenvalue weighted by Gasteiger charge is 2.13. The standard InChI is InChI=1S/C17H32N6/c1-3-4-7-12-19-17(18-2)20-13-9-11-16-22-21-15-10-6-5-8-14-23(15)16/h3-14H2,1-2H3,(H2,18,19,20). The molecule has 0 saturated heterocycles. The van der Waals surface area contributed by atoms with E-state index in [0.29, 0.717) is 0 Å². The number of hydrogen-bond acceptors (Lipinski definition) is 3. The molecule has 1 aliphatic rings. The van der Waals surface area contributed by atoms with Crippen LogP contribution in [0.5, 0.6) is 0 Å². The van der Waals surface area contributed by atoms with Crippen molar-refractivity contribution < 1.29 is 0 Å².